The molecule has 4 rings (SSSR count). The van der Waals surface area contributed by atoms with Crippen LogP contribution in [0.2, 0.25) is 0 Å². The topological polar surface area (TPSA) is 87.2 Å². The highest BCUT2D eigenvalue weighted by molar-refractivity contribution is 8.02. The van der Waals surface area contributed by atoms with Crippen LogP contribution >= 0.6 is 11.8 Å². The molecule has 3 heterocycles. The number of thioether (sulfide) groups is 1. The zero-order valence-corrected chi connectivity index (χ0v) is 23.1. The number of hydrogen-bond donors (Lipinski definition) is 1. The zero-order chi connectivity index (χ0) is 26.7. The van der Waals surface area contributed by atoms with E-state index in [0.717, 1.165) is 55.3 Å². The van der Waals surface area contributed by atoms with Crippen molar-refractivity contribution in [3.63, 3.8) is 0 Å². The molecule has 7 nitrogen and oxygen atoms in total. The Bertz CT molecular complexity index is 1050. The van der Waals surface area contributed by atoms with Crippen molar-refractivity contribution in [3.05, 3.63) is 42.0 Å². The molecule has 2 amide bonds. The molecule has 2 unspecified atom stereocenters. The molecule has 3 aliphatic rings. The molecular weight excluding hydrogens is 488 g/mol. The summed E-state index contributed by atoms with van der Waals surface area (Å²) in [5.41, 5.74) is 2.88. The van der Waals surface area contributed by atoms with E-state index in [1.165, 1.54) is 0 Å². The van der Waals surface area contributed by atoms with Crippen LogP contribution in [0, 0.1) is 25.7 Å². The highest BCUT2D eigenvalue weighted by Gasteiger charge is 2.74. The number of aliphatic hydroxyl groups excluding tert-OH is 1. The zero-order valence-electron chi connectivity index (χ0n) is 22.3. The number of amides is 2. The molecule has 37 heavy (non-hydrogen) atoms. The van der Waals surface area contributed by atoms with E-state index >= 15 is 0 Å². The van der Waals surface area contributed by atoms with Gasteiger partial charge in [-0.3, -0.25) is 14.4 Å². The summed E-state index contributed by atoms with van der Waals surface area (Å²) in [5.74, 6) is -1.54. The summed E-state index contributed by atoms with van der Waals surface area (Å²) in [5, 5.41) is 9.13. The summed E-state index contributed by atoms with van der Waals surface area (Å²) in [4.78, 5) is 45.2. The Morgan fingerprint density at radius 3 is 2.73 bits per heavy atom. The van der Waals surface area contributed by atoms with Crippen LogP contribution in [0.15, 0.2) is 30.9 Å². The maximum Gasteiger partial charge on any atom is 0.310 e. The van der Waals surface area contributed by atoms with Gasteiger partial charge in [-0.15, -0.1) is 18.3 Å². The second-order valence-electron chi connectivity index (χ2n) is 10.5. The number of fused-ring (bicyclic) bond motifs is 1. The first-order valence-electron chi connectivity index (χ1n) is 13.6. The molecule has 1 spiro atoms. The summed E-state index contributed by atoms with van der Waals surface area (Å²) in [7, 11) is 0. The molecule has 1 aromatic carbocycles. The number of hydrogen-bond acceptors (Lipinski definition) is 6. The van der Waals surface area contributed by atoms with Crippen LogP contribution in [0.4, 0.5) is 5.69 Å². The molecule has 1 aromatic rings. The third-order valence-corrected chi connectivity index (χ3v) is 10.1. The summed E-state index contributed by atoms with van der Waals surface area (Å²) in [6.07, 6.45) is 6.49. The Morgan fingerprint density at radius 1 is 1.27 bits per heavy atom. The number of unbranched alkanes of at least 4 members (excludes halogenated alkanes) is 3. The third-order valence-electron chi connectivity index (χ3n) is 8.13. The second kappa shape index (κ2) is 11.6. The summed E-state index contributed by atoms with van der Waals surface area (Å²) < 4.78 is 4.79. The van der Waals surface area contributed by atoms with Gasteiger partial charge in [0.25, 0.3) is 5.91 Å². The summed E-state index contributed by atoms with van der Waals surface area (Å²) in [6, 6.07) is 5.42. The molecule has 8 heteroatoms. The molecule has 202 valence electrons. The van der Waals surface area contributed by atoms with Gasteiger partial charge in [-0.1, -0.05) is 31.1 Å². The lowest BCUT2D eigenvalue weighted by molar-refractivity contribution is -0.153. The smallest absolute Gasteiger partial charge is 0.310 e. The fourth-order valence-corrected chi connectivity index (χ4v) is 8.72. The lowest BCUT2D eigenvalue weighted by atomic mass is 9.71. The molecule has 0 aromatic heterocycles. The normalized spacial score (nSPS) is 27.9. The minimum absolute atomic E-state index is 0.00330. The number of aliphatic hydroxyl groups is 1. The SMILES string of the molecule is C=CCN(C(=O)C1N(CCCCCCO)C(=O)[C@@H]2[C@H](C(=O)OCC)[C@@H]3CCC12S3)c1cc(C)ccc1C. The van der Waals surface area contributed by atoms with E-state index in [1.807, 2.05) is 32.0 Å². The Labute approximate surface area is 224 Å². The number of rotatable bonds is 12. The van der Waals surface area contributed by atoms with Gasteiger partial charge in [-0.25, -0.2) is 0 Å². The second-order valence-corrected chi connectivity index (χ2v) is 12.1. The van der Waals surface area contributed by atoms with Gasteiger partial charge >= 0.3 is 5.97 Å². The van der Waals surface area contributed by atoms with E-state index in [9.17, 15) is 14.4 Å². The highest BCUT2D eigenvalue weighted by Crippen LogP contribution is 2.66. The molecule has 2 bridgehead atoms. The van der Waals surface area contributed by atoms with E-state index in [0.29, 0.717) is 13.1 Å². The molecule has 5 atom stereocenters. The number of carbonyl (C=O) groups is 3. The van der Waals surface area contributed by atoms with Crippen LogP contribution in [-0.2, 0) is 19.1 Å². The Kier molecular flexibility index (Phi) is 8.69. The van der Waals surface area contributed by atoms with Gasteiger partial charge in [0.1, 0.15) is 6.04 Å². The van der Waals surface area contributed by atoms with Crippen LogP contribution in [0.3, 0.4) is 0 Å². The van der Waals surface area contributed by atoms with Crippen molar-refractivity contribution in [3.8, 4) is 0 Å². The predicted molar refractivity (Wildman–Crippen MR) is 146 cm³/mol. The van der Waals surface area contributed by atoms with Crippen molar-refractivity contribution in [2.45, 2.75) is 75.3 Å². The largest absolute Gasteiger partial charge is 0.466 e. The minimum atomic E-state index is -0.642. The first kappa shape index (κ1) is 27.7. The highest BCUT2D eigenvalue weighted by atomic mass is 32.2. The Hall–Kier alpha value is -2.32. The number of anilines is 1. The lowest BCUT2D eigenvalue weighted by Gasteiger charge is -2.37. The first-order chi connectivity index (χ1) is 17.8. The third kappa shape index (κ3) is 4.94. The van der Waals surface area contributed by atoms with Gasteiger partial charge in [-0.2, -0.15) is 0 Å². The predicted octanol–water partition coefficient (Wildman–Crippen LogP) is 4.03. The van der Waals surface area contributed by atoms with Gasteiger partial charge in [0, 0.05) is 30.6 Å². The maximum absolute atomic E-state index is 14.5. The quantitative estimate of drug-likeness (QED) is 0.250. The van der Waals surface area contributed by atoms with E-state index in [2.05, 4.69) is 6.58 Å². The average Bonchev–Trinajstić information content (AvgIpc) is 3.51. The number of carbonyl (C=O) groups excluding carboxylic acids is 3. The van der Waals surface area contributed by atoms with Gasteiger partial charge in [-0.05, 0) is 63.6 Å². The number of likely N-dealkylation sites (tertiary alicyclic amines) is 1. The first-order valence-corrected chi connectivity index (χ1v) is 14.4. The molecule has 3 aliphatic heterocycles. The number of esters is 1. The van der Waals surface area contributed by atoms with Crippen LogP contribution in [0.25, 0.3) is 0 Å². The van der Waals surface area contributed by atoms with Crippen molar-refractivity contribution in [1.82, 2.24) is 4.90 Å². The van der Waals surface area contributed by atoms with Gasteiger partial charge < -0.3 is 19.6 Å². The lowest BCUT2D eigenvalue weighted by Crippen LogP contribution is -2.55. The fraction of sp³-hybridized carbons (Fsp3) is 0.621. The van der Waals surface area contributed by atoms with Crippen LogP contribution in [0.5, 0.6) is 0 Å². The van der Waals surface area contributed by atoms with Gasteiger partial charge in [0.2, 0.25) is 5.91 Å². The van der Waals surface area contributed by atoms with Gasteiger partial charge in [0.05, 0.1) is 23.2 Å². The number of ether oxygens (including phenoxy) is 1. The van der Waals surface area contributed by atoms with E-state index < -0.39 is 22.6 Å². The number of nitrogens with zero attached hydrogens (tertiary/aromatic N) is 2. The monoisotopic (exact) mass is 528 g/mol. The van der Waals surface area contributed by atoms with Gasteiger partial charge in [0.15, 0.2) is 0 Å². The van der Waals surface area contributed by atoms with Crippen LogP contribution < -0.4 is 4.90 Å². The van der Waals surface area contributed by atoms with Crippen molar-refractivity contribution in [2.24, 2.45) is 11.8 Å². The van der Waals surface area contributed by atoms with E-state index in [1.54, 1.807) is 34.6 Å². The van der Waals surface area contributed by atoms with Crippen molar-refractivity contribution >= 4 is 35.2 Å². The van der Waals surface area contributed by atoms with Crippen LogP contribution in [0.1, 0.15) is 56.6 Å². The number of benzene rings is 1. The Balaban J connectivity index is 1.72. The van der Waals surface area contributed by atoms with Crippen molar-refractivity contribution in [2.75, 3.05) is 31.2 Å². The molecule has 1 N–H and O–H groups in total. The summed E-state index contributed by atoms with van der Waals surface area (Å²) >= 11 is 1.67. The molecule has 3 fully saturated rings. The van der Waals surface area contributed by atoms with Crippen LogP contribution in [-0.4, -0.2) is 70.1 Å². The standard InChI is InChI=1S/C29H40N2O5S/c1-5-15-30(21-18-19(3)11-12-20(21)4)27(34)25-29-14-13-22(37-29)23(28(35)36-6-2)24(29)26(33)31(25)16-9-7-8-10-17-32/h5,11-12,18,22-25,32H,1,6-10,13-17H2,2-4H3/t22-,23+,24-,25?,29?/m0/s1. The number of aryl methyl sites for hydroxylation is 2. The Morgan fingerprint density at radius 2 is 2.03 bits per heavy atom. The van der Waals surface area contributed by atoms with E-state index in [4.69, 9.17) is 9.84 Å². The molecular formula is C29H40N2O5S. The molecule has 0 aliphatic carbocycles. The van der Waals surface area contributed by atoms with Crippen molar-refractivity contribution in [1.29, 1.82) is 0 Å². The molecule has 0 radical (unpaired) electrons. The van der Waals surface area contributed by atoms with E-state index in [-0.39, 0.29) is 36.2 Å². The molecule has 0 saturated carbocycles. The maximum atomic E-state index is 14.5. The fourth-order valence-electron chi connectivity index (χ4n) is 6.52. The average molecular weight is 529 g/mol. The summed E-state index contributed by atoms with van der Waals surface area (Å²) in [6.45, 7) is 10.9. The molecule has 3 saturated heterocycles. The minimum Gasteiger partial charge on any atom is -0.466 e. The van der Waals surface area contributed by atoms with Crippen molar-refractivity contribution < 1.29 is 24.2 Å².